The Bertz CT molecular complexity index is 428. The maximum atomic E-state index is 12.2. The first-order valence-corrected chi connectivity index (χ1v) is 6.19. The molecule has 0 aliphatic heterocycles. The van der Waals surface area contributed by atoms with Gasteiger partial charge in [-0.3, -0.25) is 4.79 Å². The third-order valence-electron chi connectivity index (χ3n) is 3.68. The molecule has 1 aliphatic carbocycles. The van der Waals surface area contributed by atoms with Crippen molar-refractivity contribution >= 4 is 5.97 Å². The van der Waals surface area contributed by atoms with Crippen molar-refractivity contribution in [1.29, 1.82) is 0 Å². The van der Waals surface area contributed by atoms with Gasteiger partial charge in [0.25, 0.3) is 0 Å². The standard InChI is InChI=1S/C15H18O3/c1-3-18-14(16)15(10-4-5-11-15)12-6-8-13(17-2)9-7-12/h3,6-9H,1,4-5,10-11H2,2H3. The monoisotopic (exact) mass is 246 g/mol. The number of methoxy groups -OCH3 is 1. The average molecular weight is 246 g/mol. The van der Waals surface area contributed by atoms with Gasteiger partial charge >= 0.3 is 5.97 Å². The van der Waals surface area contributed by atoms with Crippen LogP contribution in [0.1, 0.15) is 31.2 Å². The summed E-state index contributed by atoms with van der Waals surface area (Å²) in [6, 6.07) is 7.68. The van der Waals surface area contributed by atoms with Crippen molar-refractivity contribution in [3.05, 3.63) is 42.7 Å². The van der Waals surface area contributed by atoms with E-state index < -0.39 is 5.41 Å². The second kappa shape index (κ2) is 5.25. The molecule has 96 valence electrons. The van der Waals surface area contributed by atoms with Crippen LogP contribution in [-0.4, -0.2) is 13.1 Å². The van der Waals surface area contributed by atoms with E-state index in [1.165, 1.54) is 6.26 Å². The minimum Gasteiger partial charge on any atom is -0.497 e. The highest BCUT2D eigenvalue weighted by atomic mass is 16.5. The van der Waals surface area contributed by atoms with Crippen molar-refractivity contribution < 1.29 is 14.3 Å². The van der Waals surface area contributed by atoms with Crippen LogP contribution in [0, 0.1) is 0 Å². The maximum absolute atomic E-state index is 12.2. The first kappa shape index (κ1) is 12.7. The maximum Gasteiger partial charge on any atom is 0.321 e. The number of carbonyl (C=O) groups excluding carboxylic acids is 1. The minimum absolute atomic E-state index is 0.194. The van der Waals surface area contributed by atoms with Gasteiger partial charge in [0.2, 0.25) is 0 Å². The van der Waals surface area contributed by atoms with Crippen molar-refractivity contribution in [2.75, 3.05) is 7.11 Å². The van der Waals surface area contributed by atoms with Gasteiger partial charge in [-0.2, -0.15) is 0 Å². The van der Waals surface area contributed by atoms with Crippen LogP contribution in [0.5, 0.6) is 5.75 Å². The van der Waals surface area contributed by atoms with Gasteiger partial charge in [-0.05, 0) is 30.5 Å². The predicted molar refractivity (Wildman–Crippen MR) is 69.4 cm³/mol. The molecule has 0 bridgehead atoms. The molecule has 3 nitrogen and oxygen atoms in total. The summed E-state index contributed by atoms with van der Waals surface area (Å²) in [5, 5.41) is 0. The second-order valence-corrected chi connectivity index (χ2v) is 4.59. The fourth-order valence-electron chi connectivity index (χ4n) is 2.69. The minimum atomic E-state index is -0.500. The highest BCUT2D eigenvalue weighted by Gasteiger charge is 2.43. The summed E-state index contributed by atoms with van der Waals surface area (Å²) in [4.78, 5) is 12.2. The van der Waals surface area contributed by atoms with Crippen molar-refractivity contribution in [2.24, 2.45) is 0 Å². The Hall–Kier alpha value is -1.77. The topological polar surface area (TPSA) is 35.5 Å². The fraction of sp³-hybridized carbons (Fsp3) is 0.400. The first-order valence-electron chi connectivity index (χ1n) is 6.19. The van der Waals surface area contributed by atoms with Gasteiger partial charge in [0, 0.05) is 0 Å². The number of rotatable bonds is 4. The smallest absolute Gasteiger partial charge is 0.321 e. The molecule has 0 saturated heterocycles. The zero-order valence-corrected chi connectivity index (χ0v) is 10.6. The molecule has 18 heavy (non-hydrogen) atoms. The van der Waals surface area contributed by atoms with Gasteiger partial charge in [0.05, 0.1) is 18.8 Å². The lowest BCUT2D eigenvalue weighted by molar-refractivity contribution is -0.144. The fourth-order valence-corrected chi connectivity index (χ4v) is 2.69. The molecule has 1 saturated carbocycles. The van der Waals surface area contributed by atoms with Gasteiger partial charge in [-0.25, -0.2) is 0 Å². The van der Waals surface area contributed by atoms with Gasteiger partial charge in [-0.15, -0.1) is 0 Å². The van der Waals surface area contributed by atoms with Gasteiger partial charge < -0.3 is 9.47 Å². The van der Waals surface area contributed by atoms with Gasteiger partial charge in [-0.1, -0.05) is 31.6 Å². The van der Waals surface area contributed by atoms with E-state index >= 15 is 0 Å². The Morgan fingerprint density at radius 1 is 1.28 bits per heavy atom. The molecule has 0 atom stereocenters. The third-order valence-corrected chi connectivity index (χ3v) is 3.68. The number of hydrogen-bond acceptors (Lipinski definition) is 3. The third kappa shape index (κ3) is 2.13. The number of carbonyl (C=O) groups is 1. The van der Waals surface area contributed by atoms with Crippen LogP contribution in [0.4, 0.5) is 0 Å². The molecule has 0 unspecified atom stereocenters. The van der Waals surface area contributed by atoms with Crippen LogP contribution in [0.2, 0.25) is 0 Å². The zero-order valence-electron chi connectivity index (χ0n) is 10.6. The van der Waals surface area contributed by atoms with Crippen molar-refractivity contribution in [3.8, 4) is 5.75 Å². The van der Waals surface area contributed by atoms with Crippen LogP contribution in [0.25, 0.3) is 0 Å². The van der Waals surface area contributed by atoms with E-state index in [4.69, 9.17) is 9.47 Å². The van der Waals surface area contributed by atoms with E-state index in [2.05, 4.69) is 6.58 Å². The molecule has 0 amide bonds. The summed E-state index contributed by atoms with van der Waals surface area (Å²) >= 11 is 0. The molecular weight excluding hydrogens is 228 g/mol. The van der Waals surface area contributed by atoms with Crippen LogP contribution >= 0.6 is 0 Å². The van der Waals surface area contributed by atoms with Crippen LogP contribution in [0.3, 0.4) is 0 Å². The van der Waals surface area contributed by atoms with E-state index in [1.54, 1.807) is 7.11 Å². The molecule has 0 N–H and O–H groups in total. The van der Waals surface area contributed by atoms with Crippen LogP contribution < -0.4 is 4.74 Å². The summed E-state index contributed by atoms with van der Waals surface area (Å²) in [6.07, 6.45) is 5.00. The number of ether oxygens (including phenoxy) is 2. The Balaban J connectivity index is 2.34. The summed E-state index contributed by atoms with van der Waals surface area (Å²) in [5.41, 5.74) is 0.508. The summed E-state index contributed by atoms with van der Waals surface area (Å²) in [5.74, 6) is 0.601. The predicted octanol–water partition coefficient (Wildman–Crippen LogP) is 3.19. The van der Waals surface area contributed by atoms with Crippen LogP contribution in [0.15, 0.2) is 37.1 Å². The zero-order chi connectivity index (χ0) is 13.0. The molecule has 0 radical (unpaired) electrons. The molecular formula is C15H18O3. The molecule has 2 rings (SSSR count). The normalized spacial score (nSPS) is 17.2. The molecule has 0 heterocycles. The quantitative estimate of drug-likeness (QED) is 0.604. The largest absolute Gasteiger partial charge is 0.497 e. The Morgan fingerprint density at radius 3 is 2.39 bits per heavy atom. The Kier molecular flexibility index (Phi) is 3.70. The highest BCUT2D eigenvalue weighted by Crippen LogP contribution is 2.42. The van der Waals surface area contributed by atoms with E-state index in [-0.39, 0.29) is 5.97 Å². The molecule has 3 heteroatoms. The van der Waals surface area contributed by atoms with E-state index in [0.717, 1.165) is 37.0 Å². The highest BCUT2D eigenvalue weighted by molar-refractivity contribution is 5.84. The van der Waals surface area contributed by atoms with Crippen molar-refractivity contribution in [1.82, 2.24) is 0 Å². The number of benzene rings is 1. The average Bonchev–Trinajstić information content (AvgIpc) is 2.90. The molecule has 0 spiro atoms. The van der Waals surface area contributed by atoms with Crippen molar-refractivity contribution in [2.45, 2.75) is 31.1 Å². The summed E-state index contributed by atoms with van der Waals surface area (Å²) < 4.78 is 10.2. The lowest BCUT2D eigenvalue weighted by atomic mass is 9.79. The molecule has 1 aliphatic rings. The van der Waals surface area contributed by atoms with Crippen molar-refractivity contribution in [3.63, 3.8) is 0 Å². The summed E-state index contributed by atoms with van der Waals surface area (Å²) in [6.45, 7) is 3.46. The summed E-state index contributed by atoms with van der Waals surface area (Å²) in [7, 11) is 1.63. The lowest BCUT2D eigenvalue weighted by Crippen LogP contribution is -2.33. The Labute approximate surface area is 107 Å². The van der Waals surface area contributed by atoms with E-state index in [9.17, 15) is 4.79 Å². The van der Waals surface area contributed by atoms with E-state index in [0.29, 0.717) is 0 Å². The van der Waals surface area contributed by atoms with E-state index in [1.807, 2.05) is 24.3 Å². The first-order chi connectivity index (χ1) is 8.73. The Morgan fingerprint density at radius 2 is 1.89 bits per heavy atom. The lowest BCUT2D eigenvalue weighted by Gasteiger charge is -2.26. The molecule has 1 fully saturated rings. The SMILES string of the molecule is C=COC(=O)C1(c2ccc(OC)cc2)CCCC1. The van der Waals surface area contributed by atoms with Gasteiger partial charge in [0.15, 0.2) is 0 Å². The number of esters is 1. The molecule has 1 aromatic rings. The second-order valence-electron chi connectivity index (χ2n) is 4.59. The molecule has 1 aromatic carbocycles. The van der Waals surface area contributed by atoms with Crippen LogP contribution in [-0.2, 0) is 14.9 Å². The van der Waals surface area contributed by atoms with Gasteiger partial charge in [0.1, 0.15) is 5.75 Å². The molecule has 0 aromatic heterocycles. The number of hydrogen-bond donors (Lipinski definition) is 0.